The third-order valence-corrected chi connectivity index (χ3v) is 5.74. The van der Waals surface area contributed by atoms with Crippen LogP contribution in [0, 0.1) is 5.92 Å². The summed E-state index contributed by atoms with van der Waals surface area (Å²) in [6.45, 7) is 0.193. The number of hydrogen-bond acceptors (Lipinski definition) is 6. The number of fused-ring (bicyclic) bond motifs is 1. The van der Waals surface area contributed by atoms with Gasteiger partial charge in [-0.15, -0.1) is 0 Å². The van der Waals surface area contributed by atoms with Crippen LogP contribution in [0.3, 0.4) is 0 Å². The van der Waals surface area contributed by atoms with Gasteiger partial charge in [0.05, 0.1) is 6.33 Å². The fourth-order valence-electron chi connectivity index (χ4n) is 3.94. The zero-order chi connectivity index (χ0) is 20.0. The molecule has 0 spiro atoms. The SMILES string of the molecule is Cn1cnc2ncn(Cc3nc([C@H]4C[C@H](Cc5cccc(Cl)c5)C4)no3)c(=O)c21. The van der Waals surface area contributed by atoms with Crippen LogP contribution in [0.25, 0.3) is 11.2 Å². The maximum Gasteiger partial charge on any atom is 0.280 e. The standard InChI is InChI=1S/C20H19ClN6O2/c1-26-10-22-19-17(26)20(28)27(11-23-19)9-16-24-18(25-29-16)14-6-13(7-14)5-12-3-2-4-15(21)8-12/h2-4,8,10-11,13-14H,5-7,9H2,1H3/t13-,14-. The Labute approximate surface area is 171 Å². The minimum absolute atomic E-state index is 0.181. The molecule has 9 heteroatoms. The van der Waals surface area contributed by atoms with Crippen LogP contribution < -0.4 is 5.56 Å². The zero-order valence-electron chi connectivity index (χ0n) is 15.8. The summed E-state index contributed by atoms with van der Waals surface area (Å²) < 4.78 is 8.51. The first-order valence-electron chi connectivity index (χ1n) is 9.50. The van der Waals surface area contributed by atoms with E-state index in [4.69, 9.17) is 16.1 Å². The predicted octanol–water partition coefficient (Wildman–Crippen LogP) is 2.95. The predicted molar refractivity (Wildman–Crippen MR) is 107 cm³/mol. The van der Waals surface area contributed by atoms with Crippen LogP contribution in [0.5, 0.6) is 0 Å². The van der Waals surface area contributed by atoms with Gasteiger partial charge in [0.1, 0.15) is 12.9 Å². The van der Waals surface area contributed by atoms with Gasteiger partial charge < -0.3 is 9.09 Å². The molecular weight excluding hydrogens is 392 g/mol. The molecule has 1 aromatic carbocycles. The second-order valence-electron chi connectivity index (χ2n) is 7.62. The van der Waals surface area contributed by atoms with Crippen molar-refractivity contribution in [3.63, 3.8) is 0 Å². The van der Waals surface area contributed by atoms with E-state index in [-0.39, 0.29) is 12.1 Å². The molecule has 0 aliphatic heterocycles. The Morgan fingerprint density at radius 1 is 1.24 bits per heavy atom. The van der Waals surface area contributed by atoms with Crippen molar-refractivity contribution in [2.24, 2.45) is 13.0 Å². The summed E-state index contributed by atoms with van der Waals surface area (Å²) in [6.07, 6.45) is 6.09. The number of rotatable bonds is 5. The maximum atomic E-state index is 12.6. The first-order valence-corrected chi connectivity index (χ1v) is 9.88. The number of aryl methyl sites for hydroxylation is 1. The Bertz CT molecular complexity index is 1240. The first-order chi connectivity index (χ1) is 14.1. The van der Waals surface area contributed by atoms with Gasteiger partial charge in [0.2, 0.25) is 5.89 Å². The normalized spacial score (nSPS) is 18.8. The average Bonchev–Trinajstić information content (AvgIpc) is 3.27. The highest BCUT2D eigenvalue weighted by Gasteiger charge is 2.33. The van der Waals surface area contributed by atoms with Gasteiger partial charge in [0.15, 0.2) is 17.0 Å². The molecule has 5 rings (SSSR count). The van der Waals surface area contributed by atoms with Gasteiger partial charge in [-0.1, -0.05) is 28.9 Å². The van der Waals surface area contributed by atoms with Crippen LogP contribution in [0.1, 0.15) is 36.0 Å². The molecule has 1 aliphatic rings. The Kier molecular flexibility index (Phi) is 4.43. The average molecular weight is 411 g/mol. The lowest BCUT2D eigenvalue weighted by atomic mass is 9.72. The molecule has 8 nitrogen and oxygen atoms in total. The lowest BCUT2D eigenvalue weighted by molar-refractivity contribution is 0.246. The number of halogens is 1. The van der Waals surface area contributed by atoms with E-state index in [1.807, 2.05) is 18.2 Å². The van der Waals surface area contributed by atoms with Crippen LogP contribution in [0.2, 0.25) is 5.02 Å². The van der Waals surface area contributed by atoms with Gasteiger partial charge in [-0.05, 0) is 42.9 Å². The van der Waals surface area contributed by atoms with E-state index in [0.29, 0.717) is 34.7 Å². The number of aromatic nitrogens is 6. The van der Waals surface area contributed by atoms with Crippen LogP contribution in [0.15, 0.2) is 46.2 Å². The summed E-state index contributed by atoms with van der Waals surface area (Å²) in [5.74, 6) is 2.01. The highest BCUT2D eigenvalue weighted by Crippen LogP contribution is 2.42. The van der Waals surface area contributed by atoms with E-state index >= 15 is 0 Å². The molecule has 0 bridgehead atoms. The lowest BCUT2D eigenvalue weighted by Crippen LogP contribution is -2.25. The number of benzene rings is 1. The van der Waals surface area contributed by atoms with E-state index in [1.54, 1.807) is 17.9 Å². The molecule has 1 aliphatic carbocycles. The molecule has 3 aromatic heterocycles. The minimum Gasteiger partial charge on any atom is -0.337 e. The van der Waals surface area contributed by atoms with Crippen LogP contribution in [-0.4, -0.2) is 29.2 Å². The van der Waals surface area contributed by atoms with Gasteiger partial charge in [0, 0.05) is 18.0 Å². The van der Waals surface area contributed by atoms with E-state index in [0.717, 1.165) is 24.3 Å². The van der Waals surface area contributed by atoms with Gasteiger partial charge in [-0.25, -0.2) is 9.97 Å². The largest absolute Gasteiger partial charge is 0.337 e. The van der Waals surface area contributed by atoms with E-state index in [2.05, 4.69) is 26.2 Å². The summed E-state index contributed by atoms with van der Waals surface area (Å²) in [7, 11) is 1.77. The van der Waals surface area contributed by atoms with Gasteiger partial charge >= 0.3 is 0 Å². The molecular formula is C20H19ClN6O2. The van der Waals surface area contributed by atoms with Gasteiger partial charge in [-0.3, -0.25) is 9.36 Å². The second-order valence-corrected chi connectivity index (χ2v) is 8.06. The fraction of sp³-hybridized carbons (Fsp3) is 0.350. The van der Waals surface area contributed by atoms with E-state index in [9.17, 15) is 4.79 Å². The highest BCUT2D eigenvalue weighted by molar-refractivity contribution is 6.30. The molecule has 4 aromatic rings. The lowest BCUT2D eigenvalue weighted by Gasteiger charge is -2.33. The summed E-state index contributed by atoms with van der Waals surface area (Å²) in [6, 6.07) is 8.00. The fourth-order valence-corrected chi connectivity index (χ4v) is 4.15. The topological polar surface area (TPSA) is 91.6 Å². The third-order valence-electron chi connectivity index (χ3n) is 5.50. The summed E-state index contributed by atoms with van der Waals surface area (Å²) in [5, 5.41) is 4.90. The van der Waals surface area contributed by atoms with Crippen molar-refractivity contribution in [2.75, 3.05) is 0 Å². The summed E-state index contributed by atoms with van der Waals surface area (Å²) >= 11 is 6.06. The maximum absolute atomic E-state index is 12.6. The number of hydrogen-bond donors (Lipinski definition) is 0. The van der Waals surface area contributed by atoms with Gasteiger partial charge in [-0.2, -0.15) is 4.98 Å². The molecule has 3 heterocycles. The molecule has 1 fully saturated rings. The highest BCUT2D eigenvalue weighted by atomic mass is 35.5. The molecule has 0 unspecified atom stereocenters. The Morgan fingerprint density at radius 2 is 2.07 bits per heavy atom. The quantitative estimate of drug-likeness (QED) is 0.502. The van der Waals surface area contributed by atoms with Crippen molar-refractivity contribution in [3.8, 4) is 0 Å². The van der Waals surface area contributed by atoms with Crippen LogP contribution in [0.4, 0.5) is 0 Å². The molecule has 0 atom stereocenters. The third kappa shape index (κ3) is 3.44. The first kappa shape index (κ1) is 18.1. The number of nitrogens with zero attached hydrogens (tertiary/aromatic N) is 6. The zero-order valence-corrected chi connectivity index (χ0v) is 16.6. The van der Waals surface area contributed by atoms with Crippen molar-refractivity contribution < 1.29 is 4.52 Å². The van der Waals surface area contributed by atoms with Crippen molar-refractivity contribution in [1.82, 2.24) is 29.2 Å². The van der Waals surface area contributed by atoms with Crippen molar-refractivity contribution in [3.05, 3.63) is 69.6 Å². The van der Waals surface area contributed by atoms with E-state index in [1.165, 1.54) is 16.5 Å². The molecule has 29 heavy (non-hydrogen) atoms. The molecule has 0 amide bonds. The van der Waals surface area contributed by atoms with Crippen molar-refractivity contribution >= 4 is 22.8 Å². The van der Waals surface area contributed by atoms with Crippen molar-refractivity contribution in [1.29, 1.82) is 0 Å². The Hall–Kier alpha value is -3.00. The summed E-state index contributed by atoms with van der Waals surface area (Å²) in [4.78, 5) is 25.4. The summed E-state index contributed by atoms with van der Waals surface area (Å²) in [5.41, 5.74) is 1.96. The molecule has 1 saturated carbocycles. The monoisotopic (exact) mass is 410 g/mol. The smallest absolute Gasteiger partial charge is 0.280 e. The minimum atomic E-state index is -0.181. The van der Waals surface area contributed by atoms with Gasteiger partial charge in [0.25, 0.3) is 5.56 Å². The van der Waals surface area contributed by atoms with Crippen molar-refractivity contribution in [2.45, 2.75) is 31.7 Å². The van der Waals surface area contributed by atoms with Crippen LogP contribution in [-0.2, 0) is 20.0 Å². The molecule has 148 valence electrons. The second kappa shape index (κ2) is 7.11. The Morgan fingerprint density at radius 3 is 2.90 bits per heavy atom. The molecule has 0 N–H and O–H groups in total. The van der Waals surface area contributed by atoms with Crippen LogP contribution >= 0.6 is 11.6 Å². The Balaban J connectivity index is 1.25. The molecule has 0 saturated heterocycles. The number of imidazole rings is 1. The van der Waals surface area contributed by atoms with E-state index < -0.39 is 0 Å². The molecule has 0 radical (unpaired) electrons.